The summed E-state index contributed by atoms with van der Waals surface area (Å²) in [4.78, 5) is 22.5. The first-order chi connectivity index (χ1) is 15.0. The number of benzene rings is 1. The van der Waals surface area contributed by atoms with Crippen LogP contribution in [0.2, 0.25) is 0 Å². The first kappa shape index (κ1) is 21.2. The minimum Gasteiger partial charge on any atom is -0.381 e. The molecule has 0 saturated carbocycles. The van der Waals surface area contributed by atoms with E-state index in [1.54, 1.807) is 6.20 Å². The average Bonchev–Trinajstić information content (AvgIpc) is 3.42. The Balaban J connectivity index is 1.32. The second-order valence-electron chi connectivity index (χ2n) is 8.52. The number of nitriles is 1. The van der Waals surface area contributed by atoms with E-state index in [2.05, 4.69) is 33.2 Å². The van der Waals surface area contributed by atoms with E-state index in [0.29, 0.717) is 17.2 Å². The second kappa shape index (κ2) is 9.41. The maximum absolute atomic E-state index is 12.7. The van der Waals surface area contributed by atoms with Crippen molar-refractivity contribution < 1.29 is 9.53 Å². The Morgan fingerprint density at radius 3 is 2.77 bits per heavy atom. The summed E-state index contributed by atoms with van der Waals surface area (Å²) in [7, 11) is 0. The molecule has 0 spiro atoms. The van der Waals surface area contributed by atoms with Gasteiger partial charge in [0.1, 0.15) is 17.4 Å². The average molecular weight is 421 g/mol. The van der Waals surface area contributed by atoms with Crippen LogP contribution in [-0.2, 0) is 11.3 Å². The number of nitrogens with one attached hydrogen (secondary N) is 3. The monoisotopic (exact) mass is 420 g/mol. The van der Waals surface area contributed by atoms with Crippen LogP contribution in [-0.4, -0.2) is 52.9 Å². The Morgan fingerprint density at radius 2 is 2.06 bits per heavy atom. The van der Waals surface area contributed by atoms with Gasteiger partial charge in [0.25, 0.3) is 5.91 Å². The molecule has 2 aliphatic heterocycles. The van der Waals surface area contributed by atoms with Crippen LogP contribution < -0.4 is 5.32 Å². The number of amides is 1. The van der Waals surface area contributed by atoms with E-state index in [9.17, 15) is 4.79 Å². The van der Waals surface area contributed by atoms with Crippen LogP contribution in [0.15, 0.2) is 30.5 Å². The van der Waals surface area contributed by atoms with E-state index < -0.39 is 0 Å². The summed E-state index contributed by atoms with van der Waals surface area (Å²) < 4.78 is 5.39. The Bertz CT molecular complexity index is 971. The van der Waals surface area contributed by atoms with Crippen LogP contribution in [0.4, 0.5) is 0 Å². The predicted octanol–water partition coefficient (Wildman–Crippen LogP) is 2.65. The topological polar surface area (TPSA) is 118 Å². The molecule has 2 aliphatic rings. The predicted molar refractivity (Wildman–Crippen MR) is 116 cm³/mol. The summed E-state index contributed by atoms with van der Waals surface area (Å²) >= 11 is 0. The van der Waals surface area contributed by atoms with Crippen molar-refractivity contribution in [3.63, 3.8) is 0 Å². The number of aromatic amines is 1. The molecule has 0 bridgehead atoms. The zero-order valence-corrected chi connectivity index (χ0v) is 17.7. The number of rotatable bonds is 5. The van der Waals surface area contributed by atoms with Gasteiger partial charge in [-0.25, -0.2) is 4.98 Å². The molecule has 2 fully saturated rings. The number of imidazole rings is 1. The highest BCUT2D eigenvalue weighted by molar-refractivity contribution is 6.05. The molecule has 162 valence electrons. The molecule has 8 nitrogen and oxygen atoms in total. The molecular weight excluding hydrogens is 392 g/mol. The molecule has 3 heterocycles. The van der Waals surface area contributed by atoms with Crippen molar-refractivity contribution in [1.29, 1.82) is 10.7 Å². The quantitative estimate of drug-likeness (QED) is 0.508. The lowest BCUT2D eigenvalue weighted by atomic mass is 9.97. The summed E-state index contributed by atoms with van der Waals surface area (Å²) in [5.41, 5.74) is 2.19. The summed E-state index contributed by atoms with van der Waals surface area (Å²) in [5, 5.41) is 20.2. The van der Waals surface area contributed by atoms with Crippen molar-refractivity contribution in [3.8, 4) is 6.07 Å². The van der Waals surface area contributed by atoms with E-state index in [1.165, 1.54) is 0 Å². The third-order valence-corrected chi connectivity index (χ3v) is 6.24. The number of aromatic nitrogens is 2. The number of ether oxygens (including phenoxy) is 1. The van der Waals surface area contributed by atoms with Gasteiger partial charge in [-0.05, 0) is 36.5 Å². The minimum absolute atomic E-state index is 0.0276. The highest BCUT2D eigenvalue weighted by Gasteiger charge is 2.33. The van der Waals surface area contributed by atoms with Gasteiger partial charge in [-0.15, -0.1) is 0 Å². The summed E-state index contributed by atoms with van der Waals surface area (Å²) in [6.07, 6.45) is 3.36. The van der Waals surface area contributed by atoms with Gasteiger partial charge in [0.2, 0.25) is 0 Å². The van der Waals surface area contributed by atoms with E-state index in [-0.39, 0.29) is 23.6 Å². The fourth-order valence-electron chi connectivity index (χ4n) is 4.43. The fraction of sp³-hybridized carbons (Fsp3) is 0.478. The minimum atomic E-state index is -0.312. The van der Waals surface area contributed by atoms with Gasteiger partial charge in [0.15, 0.2) is 0 Å². The molecule has 2 unspecified atom stereocenters. The van der Waals surface area contributed by atoms with Gasteiger partial charge in [-0.1, -0.05) is 19.1 Å². The molecule has 2 atom stereocenters. The molecule has 1 aromatic heterocycles. The molecule has 4 rings (SSSR count). The van der Waals surface area contributed by atoms with Crippen molar-refractivity contribution in [3.05, 3.63) is 53.1 Å². The standard InChI is InChI=1S/C23H28N6O2/c1-15-12-29(13-17-4-2-16(10-24)3-5-17)14-19(15)21(25)28-23(30)20-11-26-22(27-20)18-6-8-31-9-7-18/h2-5,11,15,18-19H,6-9,12-14H2,1H3,(H,26,27)(H2,25,28,30). The Kier molecular flexibility index (Phi) is 6.44. The lowest BCUT2D eigenvalue weighted by Crippen LogP contribution is -2.38. The van der Waals surface area contributed by atoms with Gasteiger partial charge in [-0.2, -0.15) is 5.26 Å². The molecule has 8 heteroatoms. The second-order valence-corrected chi connectivity index (χ2v) is 8.52. The SMILES string of the molecule is CC1CN(Cc2ccc(C#N)cc2)CC1C(=N)NC(=O)c1cnc(C2CCOCC2)[nH]1. The molecule has 0 aliphatic carbocycles. The number of H-pyrrole nitrogens is 1. The normalized spacial score (nSPS) is 22.2. The lowest BCUT2D eigenvalue weighted by molar-refractivity contribution is 0.0837. The summed E-state index contributed by atoms with van der Waals surface area (Å²) in [6, 6.07) is 9.73. The molecule has 0 radical (unpaired) electrons. The van der Waals surface area contributed by atoms with Crippen molar-refractivity contribution >= 4 is 11.7 Å². The fourth-order valence-corrected chi connectivity index (χ4v) is 4.43. The van der Waals surface area contributed by atoms with Gasteiger partial charge >= 0.3 is 0 Å². The first-order valence-electron chi connectivity index (χ1n) is 10.8. The van der Waals surface area contributed by atoms with Gasteiger partial charge in [0, 0.05) is 44.7 Å². The smallest absolute Gasteiger partial charge is 0.274 e. The number of carbonyl (C=O) groups excluding carboxylic acids is 1. The first-order valence-corrected chi connectivity index (χ1v) is 10.8. The third kappa shape index (κ3) is 5.01. The molecule has 2 aromatic rings. The molecule has 2 saturated heterocycles. The zero-order valence-electron chi connectivity index (χ0n) is 17.7. The number of likely N-dealkylation sites (tertiary alicyclic amines) is 1. The number of hydrogen-bond acceptors (Lipinski definition) is 6. The maximum Gasteiger partial charge on any atom is 0.274 e. The number of nitrogens with zero attached hydrogens (tertiary/aromatic N) is 3. The van der Waals surface area contributed by atoms with Crippen molar-refractivity contribution in [1.82, 2.24) is 20.2 Å². The highest BCUT2D eigenvalue weighted by atomic mass is 16.5. The van der Waals surface area contributed by atoms with Crippen LogP contribution in [0.5, 0.6) is 0 Å². The van der Waals surface area contributed by atoms with Crippen molar-refractivity contribution in [2.45, 2.75) is 32.2 Å². The lowest BCUT2D eigenvalue weighted by Gasteiger charge is -2.19. The van der Waals surface area contributed by atoms with Crippen LogP contribution in [0.1, 0.15) is 53.1 Å². The van der Waals surface area contributed by atoms with Gasteiger partial charge in [-0.3, -0.25) is 15.1 Å². The van der Waals surface area contributed by atoms with E-state index >= 15 is 0 Å². The molecule has 3 N–H and O–H groups in total. The largest absolute Gasteiger partial charge is 0.381 e. The van der Waals surface area contributed by atoms with Crippen LogP contribution in [0.3, 0.4) is 0 Å². The highest BCUT2D eigenvalue weighted by Crippen LogP contribution is 2.26. The van der Waals surface area contributed by atoms with Crippen LogP contribution >= 0.6 is 0 Å². The van der Waals surface area contributed by atoms with Crippen LogP contribution in [0.25, 0.3) is 0 Å². The zero-order chi connectivity index (χ0) is 21.8. The van der Waals surface area contributed by atoms with Gasteiger partial charge in [0.05, 0.1) is 17.8 Å². The van der Waals surface area contributed by atoms with Gasteiger partial charge < -0.3 is 15.0 Å². The van der Waals surface area contributed by atoms with E-state index in [0.717, 1.165) is 57.1 Å². The molecule has 1 amide bonds. The third-order valence-electron chi connectivity index (χ3n) is 6.24. The molecule has 1 aromatic carbocycles. The molecule has 31 heavy (non-hydrogen) atoms. The maximum atomic E-state index is 12.7. The van der Waals surface area contributed by atoms with E-state index in [1.807, 2.05) is 24.3 Å². The van der Waals surface area contributed by atoms with Crippen molar-refractivity contribution in [2.24, 2.45) is 11.8 Å². The summed E-state index contributed by atoms with van der Waals surface area (Å²) in [6.45, 7) is 5.90. The number of amidine groups is 1. The summed E-state index contributed by atoms with van der Waals surface area (Å²) in [5.74, 6) is 1.30. The van der Waals surface area contributed by atoms with E-state index in [4.69, 9.17) is 15.4 Å². The number of carbonyl (C=O) groups is 1. The number of hydrogen-bond donors (Lipinski definition) is 3. The Morgan fingerprint density at radius 1 is 1.32 bits per heavy atom. The van der Waals surface area contributed by atoms with Crippen LogP contribution in [0, 0.1) is 28.6 Å². The molecular formula is C23H28N6O2. The van der Waals surface area contributed by atoms with Crippen molar-refractivity contribution in [2.75, 3.05) is 26.3 Å². The Hall–Kier alpha value is -3.02. The Labute approximate surface area is 182 Å².